The number of hydrogen-bond acceptors (Lipinski definition) is 15. The van der Waals surface area contributed by atoms with E-state index in [1.165, 1.54) is 27.7 Å². The second-order valence-corrected chi connectivity index (χ2v) is 16.5. The van der Waals surface area contributed by atoms with Crippen LogP contribution < -0.4 is 0 Å². The average molecular weight is 719 g/mol. The third-order valence-electron chi connectivity index (χ3n) is 14.2. The Morgan fingerprint density at radius 3 is 2.02 bits per heavy atom. The Bertz CT molecular complexity index is 1630. The molecule has 6 fully saturated rings. The second kappa shape index (κ2) is 11.3. The van der Waals surface area contributed by atoms with E-state index in [0.29, 0.717) is 0 Å². The van der Waals surface area contributed by atoms with Crippen LogP contribution in [0.4, 0.5) is 0 Å². The second-order valence-electron chi connectivity index (χ2n) is 16.5. The van der Waals surface area contributed by atoms with Crippen LogP contribution in [-0.4, -0.2) is 106 Å². The molecule has 3 N–H and O–H groups in total. The molecule has 15 nitrogen and oxygen atoms in total. The number of epoxide rings is 1. The highest BCUT2D eigenvalue weighted by atomic mass is 16.6. The van der Waals surface area contributed by atoms with E-state index < -0.39 is 148 Å². The number of ketones is 1. The Kier molecular flexibility index (Phi) is 7.97. The molecular formula is C36H46O15. The van der Waals surface area contributed by atoms with Crippen molar-refractivity contribution in [2.24, 2.45) is 57.7 Å². The quantitative estimate of drug-likeness (QED) is 0.199. The van der Waals surface area contributed by atoms with Crippen LogP contribution in [0.2, 0.25) is 0 Å². The van der Waals surface area contributed by atoms with Gasteiger partial charge in [0.25, 0.3) is 0 Å². The zero-order valence-corrected chi connectivity index (χ0v) is 29.8. The molecule has 4 saturated carbocycles. The fourth-order valence-corrected chi connectivity index (χ4v) is 12.2. The Morgan fingerprint density at radius 1 is 0.843 bits per heavy atom. The summed E-state index contributed by atoms with van der Waals surface area (Å²) in [5.74, 6) is -11.0. The molecule has 15 heteroatoms. The number of ether oxygens (including phenoxy) is 6. The standard InChI is InChI=1S/C36H46O15/c1-12-9-18-35(7,36(8,45)32(44)50-18)24-21(12)34(6)22(28(24)46-13(2)38)20-23(29(51-19(41)11-37)31(34)48-15(4)40)33(5)16(25(42)26(20)43)10-17-27(49-17)30(33)47-14(3)39/h9,12,16-17,20-24,26-31,37,43,45H,10-11H2,1-8H3/t12-,16-,17+,20+,21+,22-,23-,24+,26-,27+,28-,29-,30+,31+,33+,34-,35+,36-/m1/s1. The zero-order valence-electron chi connectivity index (χ0n) is 29.8. The molecule has 2 aliphatic heterocycles. The van der Waals surface area contributed by atoms with Gasteiger partial charge in [0.2, 0.25) is 0 Å². The fraction of sp³-hybridized carbons (Fsp3) is 0.778. The molecule has 280 valence electrons. The van der Waals surface area contributed by atoms with Crippen LogP contribution >= 0.6 is 0 Å². The molecule has 5 aliphatic carbocycles. The minimum Gasteiger partial charge on any atom is -0.462 e. The minimum absolute atomic E-state index is 0.168. The summed E-state index contributed by atoms with van der Waals surface area (Å²) < 4.78 is 36.0. The number of aliphatic hydroxyl groups is 3. The summed E-state index contributed by atoms with van der Waals surface area (Å²) in [7, 11) is 0. The molecule has 2 heterocycles. The number of carbonyl (C=O) groups excluding carboxylic acids is 6. The van der Waals surface area contributed by atoms with E-state index in [4.69, 9.17) is 28.4 Å². The lowest BCUT2D eigenvalue weighted by atomic mass is 9.41. The van der Waals surface area contributed by atoms with Crippen LogP contribution in [0, 0.1) is 57.7 Å². The molecule has 2 saturated heterocycles. The van der Waals surface area contributed by atoms with Crippen molar-refractivity contribution in [1.29, 1.82) is 0 Å². The van der Waals surface area contributed by atoms with Crippen LogP contribution in [-0.2, 0) is 57.2 Å². The van der Waals surface area contributed by atoms with Crippen molar-refractivity contribution in [3.63, 3.8) is 0 Å². The van der Waals surface area contributed by atoms with Crippen molar-refractivity contribution >= 4 is 35.6 Å². The monoisotopic (exact) mass is 718 g/mol. The van der Waals surface area contributed by atoms with Crippen molar-refractivity contribution in [3.8, 4) is 0 Å². The predicted molar refractivity (Wildman–Crippen MR) is 167 cm³/mol. The summed E-state index contributed by atoms with van der Waals surface area (Å²) in [6, 6.07) is 0. The lowest BCUT2D eigenvalue weighted by Crippen LogP contribution is -2.74. The molecule has 0 aromatic rings. The highest BCUT2D eigenvalue weighted by Gasteiger charge is 2.83. The van der Waals surface area contributed by atoms with Crippen molar-refractivity contribution in [3.05, 3.63) is 11.8 Å². The molecule has 0 bridgehead atoms. The SMILES string of the molecule is CC(=O)O[C@@H]1[C@H]2[C@H]3[C@H]([C@@H](OC(=O)CO)[C@H](OC(C)=O)[C@]2(C)[C@@H]2[C@@H]1[C@]1(C)C(=C[C@H]2C)OC(=O)[C@@]1(C)O)[C@]1(C)[C@H](C[C@@H]2O[C@@H]2[C@@H]1OC(C)=O)C(=O)[C@@H]3O. The van der Waals surface area contributed by atoms with Gasteiger partial charge in [-0.3, -0.25) is 19.2 Å². The van der Waals surface area contributed by atoms with Gasteiger partial charge < -0.3 is 43.7 Å². The summed E-state index contributed by atoms with van der Waals surface area (Å²) in [5.41, 5.74) is -6.47. The van der Waals surface area contributed by atoms with Crippen molar-refractivity contribution < 1.29 is 72.5 Å². The van der Waals surface area contributed by atoms with Gasteiger partial charge >= 0.3 is 29.8 Å². The molecule has 0 amide bonds. The van der Waals surface area contributed by atoms with Gasteiger partial charge in [-0.25, -0.2) is 9.59 Å². The van der Waals surface area contributed by atoms with Crippen LogP contribution in [0.5, 0.6) is 0 Å². The zero-order chi connectivity index (χ0) is 37.5. The first-order chi connectivity index (χ1) is 23.7. The first kappa shape index (κ1) is 36.0. The molecule has 0 aromatic carbocycles. The third-order valence-corrected chi connectivity index (χ3v) is 14.2. The van der Waals surface area contributed by atoms with E-state index >= 15 is 0 Å². The van der Waals surface area contributed by atoms with Gasteiger partial charge in [0, 0.05) is 61.2 Å². The molecule has 7 rings (SSSR count). The third kappa shape index (κ3) is 4.50. The summed E-state index contributed by atoms with van der Waals surface area (Å²) >= 11 is 0. The van der Waals surface area contributed by atoms with E-state index in [2.05, 4.69) is 0 Å². The van der Waals surface area contributed by atoms with E-state index in [1.54, 1.807) is 26.8 Å². The van der Waals surface area contributed by atoms with E-state index in [0.717, 1.165) is 0 Å². The minimum atomic E-state index is -2.14. The number of aliphatic hydroxyl groups excluding tert-OH is 2. The predicted octanol–water partition coefficient (Wildman–Crippen LogP) is 0.385. The van der Waals surface area contributed by atoms with Crippen LogP contribution in [0.15, 0.2) is 11.8 Å². The summed E-state index contributed by atoms with van der Waals surface area (Å²) in [6.45, 7) is 10.8. The Hall–Kier alpha value is -3.40. The largest absolute Gasteiger partial charge is 0.462 e. The number of rotatable bonds is 5. The van der Waals surface area contributed by atoms with Gasteiger partial charge in [-0.15, -0.1) is 0 Å². The topological polar surface area (TPSA) is 222 Å². The number of Topliss-reactive ketones (excluding diaryl/α,β-unsaturated/α-hetero) is 1. The molecule has 0 spiro atoms. The molecule has 7 aliphatic rings. The summed E-state index contributed by atoms with van der Waals surface area (Å²) in [4.78, 5) is 79.9. The van der Waals surface area contributed by atoms with E-state index in [9.17, 15) is 44.1 Å². The molecule has 0 aromatic heterocycles. The van der Waals surface area contributed by atoms with Gasteiger partial charge in [0.15, 0.2) is 11.4 Å². The van der Waals surface area contributed by atoms with E-state index in [1.807, 2.05) is 6.92 Å². The lowest BCUT2D eigenvalue weighted by molar-refractivity contribution is -0.273. The van der Waals surface area contributed by atoms with Gasteiger partial charge in [-0.1, -0.05) is 20.8 Å². The van der Waals surface area contributed by atoms with Crippen molar-refractivity contribution in [2.75, 3.05) is 6.61 Å². The highest BCUT2D eigenvalue weighted by molar-refractivity contribution is 5.88. The van der Waals surface area contributed by atoms with E-state index in [-0.39, 0.29) is 12.2 Å². The van der Waals surface area contributed by atoms with Gasteiger partial charge in [-0.05, 0) is 38.2 Å². The Morgan fingerprint density at radius 2 is 1.43 bits per heavy atom. The number of carbonyl (C=O) groups is 6. The lowest BCUT2D eigenvalue weighted by Gasteiger charge is -2.65. The van der Waals surface area contributed by atoms with Gasteiger partial charge in [0.05, 0.1) is 11.5 Å². The van der Waals surface area contributed by atoms with Crippen molar-refractivity contribution in [2.45, 2.75) is 110 Å². The highest BCUT2D eigenvalue weighted by Crippen LogP contribution is 2.76. The number of fused-ring (bicyclic) bond motifs is 10. The maximum atomic E-state index is 14.5. The summed E-state index contributed by atoms with van der Waals surface area (Å²) in [5, 5.41) is 34.2. The molecule has 18 atom stereocenters. The smallest absolute Gasteiger partial charge is 0.343 e. The maximum Gasteiger partial charge on any atom is 0.343 e. The Labute approximate surface area is 294 Å². The number of esters is 5. The molecule has 0 unspecified atom stereocenters. The summed E-state index contributed by atoms with van der Waals surface area (Å²) in [6.07, 6.45) is -6.01. The number of allylic oxidation sites excluding steroid dienone is 1. The first-order valence-electron chi connectivity index (χ1n) is 17.5. The van der Waals surface area contributed by atoms with Gasteiger partial charge in [0.1, 0.15) is 49.0 Å². The molecular weight excluding hydrogens is 672 g/mol. The molecule has 0 radical (unpaired) electrons. The first-order valence-corrected chi connectivity index (χ1v) is 17.5. The Balaban J connectivity index is 1.54. The number of hydrogen-bond donors (Lipinski definition) is 3. The maximum absolute atomic E-state index is 14.5. The van der Waals surface area contributed by atoms with Gasteiger partial charge in [-0.2, -0.15) is 0 Å². The fourth-order valence-electron chi connectivity index (χ4n) is 12.2. The van der Waals surface area contributed by atoms with Crippen LogP contribution in [0.1, 0.15) is 61.8 Å². The van der Waals surface area contributed by atoms with Crippen molar-refractivity contribution in [1.82, 2.24) is 0 Å². The van der Waals surface area contributed by atoms with Crippen LogP contribution in [0.25, 0.3) is 0 Å². The normalized spacial score (nSPS) is 51.5. The van der Waals surface area contributed by atoms with Crippen LogP contribution in [0.3, 0.4) is 0 Å². The average Bonchev–Trinajstić information content (AvgIpc) is 3.72. The molecule has 51 heavy (non-hydrogen) atoms.